The molecule has 0 aliphatic carbocycles. The van der Waals surface area contributed by atoms with Gasteiger partial charge >= 0.3 is 5.97 Å². The van der Waals surface area contributed by atoms with Crippen LogP contribution in [0.4, 0.5) is 0 Å². The first-order valence-electron chi connectivity index (χ1n) is 5.80. The summed E-state index contributed by atoms with van der Waals surface area (Å²) in [6, 6.07) is 0. The number of hydrogen-bond acceptors (Lipinski definition) is 5. The van der Waals surface area contributed by atoms with Gasteiger partial charge in [-0.2, -0.15) is 9.40 Å². The number of aryl methyl sites for hydroxylation is 1. The molecule has 1 aromatic heterocycles. The van der Waals surface area contributed by atoms with Crippen molar-refractivity contribution in [1.29, 1.82) is 0 Å². The Hall–Kier alpha value is -1.45. The quantitative estimate of drug-likeness (QED) is 0.798. The number of rotatable bonds is 3. The average molecular weight is 289 g/mol. The first-order valence-corrected chi connectivity index (χ1v) is 7.24. The van der Waals surface area contributed by atoms with Gasteiger partial charge in [0.05, 0.1) is 12.3 Å². The zero-order valence-corrected chi connectivity index (χ0v) is 11.2. The third-order valence-corrected chi connectivity index (χ3v) is 4.93. The Bertz CT molecular complexity index is 572. The largest absolute Gasteiger partial charge is 0.476 e. The number of aromatic carboxylic acids is 1. The molecule has 106 valence electrons. The summed E-state index contributed by atoms with van der Waals surface area (Å²) in [6.45, 7) is 2.82. The highest BCUT2D eigenvalue weighted by Gasteiger charge is 2.33. The summed E-state index contributed by atoms with van der Waals surface area (Å²) in [7, 11) is -3.87. The number of aromatic nitrogens is 2. The number of aromatic amines is 1. The molecule has 1 saturated heterocycles. The molecule has 0 unspecified atom stereocenters. The van der Waals surface area contributed by atoms with Crippen LogP contribution in [0.3, 0.4) is 0 Å². The van der Waals surface area contributed by atoms with E-state index in [0.717, 1.165) is 0 Å². The summed E-state index contributed by atoms with van der Waals surface area (Å²) < 4.78 is 31.4. The van der Waals surface area contributed by atoms with E-state index in [1.54, 1.807) is 0 Å². The number of nitrogens with one attached hydrogen (secondary N) is 1. The molecule has 2 N–H and O–H groups in total. The van der Waals surface area contributed by atoms with E-state index in [2.05, 4.69) is 10.2 Å². The lowest BCUT2D eigenvalue weighted by Crippen LogP contribution is -2.34. The predicted molar refractivity (Wildman–Crippen MR) is 64.5 cm³/mol. The summed E-state index contributed by atoms with van der Waals surface area (Å²) >= 11 is 0. The van der Waals surface area contributed by atoms with Crippen LogP contribution in [0.5, 0.6) is 0 Å². The lowest BCUT2D eigenvalue weighted by Gasteiger charge is -2.19. The molecule has 0 spiro atoms. The maximum atomic E-state index is 12.5. The number of carboxylic acid groups (broad SMARTS) is 1. The Balaban J connectivity index is 2.43. The van der Waals surface area contributed by atoms with E-state index < -0.39 is 21.7 Å². The van der Waals surface area contributed by atoms with Crippen LogP contribution in [0.1, 0.15) is 22.6 Å². The number of sulfonamides is 1. The SMILES string of the molecule is Cc1[nH]nc(C(=O)O)c1S(=O)(=O)N1CCCOCC1. The Morgan fingerprint density at radius 3 is 2.84 bits per heavy atom. The van der Waals surface area contributed by atoms with Gasteiger partial charge in [0.2, 0.25) is 10.0 Å². The van der Waals surface area contributed by atoms with Crippen molar-refractivity contribution in [3.05, 3.63) is 11.4 Å². The summed E-state index contributed by atoms with van der Waals surface area (Å²) in [5.74, 6) is -1.37. The van der Waals surface area contributed by atoms with Gasteiger partial charge in [-0.05, 0) is 13.3 Å². The van der Waals surface area contributed by atoms with Gasteiger partial charge in [-0.15, -0.1) is 0 Å². The number of hydrogen-bond donors (Lipinski definition) is 2. The van der Waals surface area contributed by atoms with Gasteiger partial charge in [-0.25, -0.2) is 13.2 Å². The second-order valence-electron chi connectivity index (χ2n) is 4.20. The van der Waals surface area contributed by atoms with Crippen LogP contribution >= 0.6 is 0 Å². The first-order chi connectivity index (χ1) is 8.94. The molecular formula is C10H15N3O5S. The molecule has 9 heteroatoms. The molecule has 0 saturated carbocycles. The molecule has 2 heterocycles. The lowest BCUT2D eigenvalue weighted by molar-refractivity contribution is 0.0686. The van der Waals surface area contributed by atoms with E-state index >= 15 is 0 Å². The zero-order chi connectivity index (χ0) is 14.0. The highest BCUT2D eigenvalue weighted by molar-refractivity contribution is 7.89. The van der Waals surface area contributed by atoms with E-state index in [0.29, 0.717) is 26.2 Å². The highest BCUT2D eigenvalue weighted by Crippen LogP contribution is 2.23. The summed E-state index contributed by atoms with van der Waals surface area (Å²) in [5, 5.41) is 15.0. The molecule has 1 aliphatic rings. The zero-order valence-electron chi connectivity index (χ0n) is 10.4. The molecule has 1 aromatic rings. The van der Waals surface area contributed by atoms with Crippen LogP contribution < -0.4 is 0 Å². The molecule has 19 heavy (non-hydrogen) atoms. The molecule has 1 fully saturated rings. The second kappa shape index (κ2) is 5.27. The second-order valence-corrected chi connectivity index (χ2v) is 6.08. The Labute approximate surface area is 110 Å². The minimum Gasteiger partial charge on any atom is -0.476 e. The van der Waals surface area contributed by atoms with Crippen LogP contribution in [0.25, 0.3) is 0 Å². The van der Waals surface area contributed by atoms with E-state index in [1.807, 2.05) is 0 Å². The van der Waals surface area contributed by atoms with Crippen molar-refractivity contribution in [2.75, 3.05) is 26.3 Å². The van der Waals surface area contributed by atoms with E-state index in [4.69, 9.17) is 9.84 Å². The monoisotopic (exact) mass is 289 g/mol. The highest BCUT2D eigenvalue weighted by atomic mass is 32.2. The predicted octanol–water partition coefficient (Wildman–Crippen LogP) is -0.173. The van der Waals surface area contributed by atoms with E-state index in [1.165, 1.54) is 11.2 Å². The molecule has 0 radical (unpaired) electrons. The Morgan fingerprint density at radius 1 is 1.42 bits per heavy atom. The van der Waals surface area contributed by atoms with Gasteiger partial charge in [0, 0.05) is 19.7 Å². The van der Waals surface area contributed by atoms with Gasteiger partial charge in [0.15, 0.2) is 5.69 Å². The van der Waals surface area contributed by atoms with Gasteiger partial charge in [-0.3, -0.25) is 5.10 Å². The lowest BCUT2D eigenvalue weighted by atomic mass is 10.4. The fraction of sp³-hybridized carbons (Fsp3) is 0.600. The fourth-order valence-electron chi connectivity index (χ4n) is 1.97. The van der Waals surface area contributed by atoms with E-state index in [9.17, 15) is 13.2 Å². The molecule has 8 nitrogen and oxygen atoms in total. The van der Waals surface area contributed by atoms with Crippen molar-refractivity contribution < 1.29 is 23.1 Å². The minimum atomic E-state index is -3.87. The van der Waals surface area contributed by atoms with Gasteiger partial charge in [0.1, 0.15) is 4.90 Å². The summed E-state index contributed by atoms with van der Waals surface area (Å²) in [6.07, 6.45) is 0.582. The van der Waals surface area contributed by atoms with Crippen molar-refractivity contribution in [2.24, 2.45) is 0 Å². The third-order valence-electron chi connectivity index (χ3n) is 2.87. The van der Waals surface area contributed by atoms with Crippen molar-refractivity contribution in [1.82, 2.24) is 14.5 Å². The normalized spacial score (nSPS) is 18.2. The number of ether oxygens (including phenoxy) is 1. The van der Waals surface area contributed by atoms with Gasteiger partial charge < -0.3 is 9.84 Å². The molecule has 0 atom stereocenters. The number of carbonyl (C=O) groups is 1. The number of nitrogens with zero attached hydrogens (tertiary/aromatic N) is 2. The standard InChI is InChI=1S/C10H15N3O5S/c1-7-9(8(10(14)15)12-11-7)19(16,17)13-3-2-5-18-6-4-13/h2-6H2,1H3,(H,11,12)(H,14,15). The van der Waals surface area contributed by atoms with Crippen LogP contribution in [0, 0.1) is 6.92 Å². The molecule has 1 aliphatic heterocycles. The molecule has 0 aromatic carbocycles. The van der Waals surface area contributed by atoms with E-state index in [-0.39, 0.29) is 17.1 Å². The maximum Gasteiger partial charge on any atom is 0.357 e. The minimum absolute atomic E-state index is 0.214. The van der Waals surface area contributed by atoms with Gasteiger partial charge in [0.25, 0.3) is 0 Å². The molecule has 0 amide bonds. The van der Waals surface area contributed by atoms with Crippen LogP contribution in [-0.4, -0.2) is 60.3 Å². The number of H-pyrrole nitrogens is 1. The molecular weight excluding hydrogens is 274 g/mol. The fourth-order valence-corrected chi connectivity index (χ4v) is 3.72. The third kappa shape index (κ3) is 2.62. The van der Waals surface area contributed by atoms with Crippen molar-refractivity contribution in [3.8, 4) is 0 Å². The first kappa shape index (κ1) is 14.0. The topological polar surface area (TPSA) is 113 Å². The smallest absolute Gasteiger partial charge is 0.357 e. The molecule has 2 rings (SSSR count). The van der Waals surface area contributed by atoms with Gasteiger partial charge in [-0.1, -0.05) is 0 Å². The Kier molecular flexibility index (Phi) is 3.88. The summed E-state index contributed by atoms with van der Waals surface area (Å²) in [5.41, 5.74) is -0.245. The maximum absolute atomic E-state index is 12.5. The van der Waals surface area contributed by atoms with Crippen molar-refractivity contribution in [2.45, 2.75) is 18.2 Å². The van der Waals surface area contributed by atoms with Crippen LogP contribution in [0.15, 0.2) is 4.90 Å². The number of carboxylic acids is 1. The van der Waals surface area contributed by atoms with Crippen molar-refractivity contribution >= 4 is 16.0 Å². The molecule has 0 bridgehead atoms. The van der Waals surface area contributed by atoms with Crippen molar-refractivity contribution in [3.63, 3.8) is 0 Å². The Morgan fingerprint density at radius 2 is 2.16 bits per heavy atom. The van der Waals surface area contributed by atoms with Crippen LogP contribution in [0.2, 0.25) is 0 Å². The summed E-state index contributed by atoms with van der Waals surface area (Å²) in [4.78, 5) is 10.8. The average Bonchev–Trinajstić information content (AvgIpc) is 2.58. The van der Waals surface area contributed by atoms with Crippen LogP contribution in [-0.2, 0) is 14.8 Å².